The van der Waals surface area contributed by atoms with Crippen molar-refractivity contribution in [1.29, 1.82) is 0 Å². The van der Waals surface area contributed by atoms with Crippen LogP contribution < -0.4 is 32.1 Å². The van der Waals surface area contributed by atoms with Gasteiger partial charge in [0.1, 0.15) is 0 Å². The summed E-state index contributed by atoms with van der Waals surface area (Å²) in [5, 5.41) is 12.6. The van der Waals surface area contributed by atoms with Crippen LogP contribution in [-0.2, 0) is 4.79 Å². The van der Waals surface area contributed by atoms with E-state index in [2.05, 4.69) is 50.9 Å². The Labute approximate surface area is 265 Å². The van der Waals surface area contributed by atoms with E-state index >= 15 is 0 Å². The highest BCUT2D eigenvalue weighted by Gasteiger charge is 2.55. The molecule has 45 heavy (non-hydrogen) atoms. The molecule has 2 heterocycles. The van der Waals surface area contributed by atoms with Crippen molar-refractivity contribution in [2.45, 2.75) is 51.0 Å². The van der Waals surface area contributed by atoms with E-state index in [0.29, 0.717) is 36.4 Å². The maximum absolute atomic E-state index is 13.7. The third-order valence-electron chi connectivity index (χ3n) is 8.59. The second kappa shape index (κ2) is 13.7. The molecule has 11 nitrogen and oxygen atoms in total. The summed E-state index contributed by atoms with van der Waals surface area (Å²) < 4.78 is 0. The Morgan fingerprint density at radius 1 is 0.911 bits per heavy atom. The van der Waals surface area contributed by atoms with Crippen molar-refractivity contribution < 1.29 is 14.4 Å². The number of nitrogens with zero attached hydrogens (tertiary/aromatic N) is 2. The van der Waals surface area contributed by atoms with E-state index in [9.17, 15) is 14.4 Å². The van der Waals surface area contributed by atoms with Gasteiger partial charge in [-0.3, -0.25) is 15.0 Å². The zero-order valence-electron chi connectivity index (χ0n) is 26.6. The normalized spacial score (nSPS) is 20.8. The molecule has 0 bridgehead atoms. The molecule has 2 aliphatic rings. The summed E-state index contributed by atoms with van der Waals surface area (Å²) in [7, 11) is 4.01. The number of urea groups is 1. The molecular weight excluding hydrogens is 568 g/mol. The molecular formula is C34H44N8O3. The van der Waals surface area contributed by atoms with Crippen LogP contribution in [0.1, 0.15) is 49.2 Å². The number of hydrazine groups is 1. The lowest BCUT2D eigenvalue weighted by molar-refractivity contribution is -0.115. The summed E-state index contributed by atoms with van der Waals surface area (Å²) in [4.78, 5) is 42.3. The first-order chi connectivity index (χ1) is 21.5. The van der Waals surface area contributed by atoms with E-state index < -0.39 is 5.54 Å². The van der Waals surface area contributed by atoms with Crippen LogP contribution in [0.5, 0.6) is 0 Å². The third kappa shape index (κ3) is 7.44. The minimum Gasteiger partial charge on any atom is -0.368 e. The molecule has 6 N–H and O–H groups in total. The van der Waals surface area contributed by atoms with Gasteiger partial charge in [0, 0.05) is 48.1 Å². The Hall–Kier alpha value is -4.45. The molecule has 4 amide bonds. The van der Waals surface area contributed by atoms with Crippen LogP contribution in [0.4, 0.5) is 21.9 Å². The first kappa shape index (κ1) is 32.0. The zero-order valence-corrected chi connectivity index (χ0v) is 26.6. The van der Waals surface area contributed by atoms with E-state index in [-0.39, 0.29) is 42.0 Å². The molecule has 3 aromatic carbocycles. The number of nitrogens with one attached hydrogen (secondary N) is 6. The smallest absolute Gasteiger partial charge is 0.318 e. The highest BCUT2D eigenvalue weighted by molar-refractivity contribution is 6.04. The Balaban J connectivity index is 1.22. The number of rotatable bonds is 10. The van der Waals surface area contributed by atoms with Gasteiger partial charge in [0.05, 0.1) is 23.8 Å². The zero-order chi connectivity index (χ0) is 32.1. The molecule has 3 unspecified atom stereocenters. The maximum Gasteiger partial charge on any atom is 0.318 e. The van der Waals surface area contributed by atoms with Crippen molar-refractivity contribution in [1.82, 2.24) is 26.0 Å². The number of hydrogen-bond acceptors (Lipinski definition) is 7. The largest absolute Gasteiger partial charge is 0.368 e. The summed E-state index contributed by atoms with van der Waals surface area (Å²) in [6.45, 7) is 7.23. The van der Waals surface area contributed by atoms with Crippen molar-refractivity contribution >= 4 is 34.9 Å². The minimum atomic E-state index is -0.442. The summed E-state index contributed by atoms with van der Waals surface area (Å²) in [5.41, 5.74) is 10.1. The molecule has 0 saturated carbocycles. The highest BCUT2D eigenvalue weighted by atomic mass is 16.2. The van der Waals surface area contributed by atoms with E-state index in [1.807, 2.05) is 73.6 Å². The number of likely N-dealkylation sites (tertiary alicyclic amines) is 1. The van der Waals surface area contributed by atoms with Gasteiger partial charge >= 0.3 is 6.03 Å². The first-order valence-electron chi connectivity index (χ1n) is 15.4. The molecule has 11 heteroatoms. The van der Waals surface area contributed by atoms with Crippen molar-refractivity contribution in [3.63, 3.8) is 0 Å². The van der Waals surface area contributed by atoms with E-state index in [4.69, 9.17) is 0 Å². The molecule has 0 aromatic heterocycles. The molecule has 0 spiro atoms. The lowest BCUT2D eigenvalue weighted by Crippen LogP contribution is -2.57. The summed E-state index contributed by atoms with van der Waals surface area (Å²) in [6, 6.07) is 24.2. The molecule has 2 aliphatic heterocycles. The molecule has 4 atom stereocenters. The predicted octanol–water partition coefficient (Wildman–Crippen LogP) is 4.22. The Bertz CT molecular complexity index is 1490. The fourth-order valence-electron chi connectivity index (χ4n) is 6.13. The van der Waals surface area contributed by atoms with Gasteiger partial charge in [-0.05, 0) is 76.0 Å². The SMILES string of the molecule is CCC(=O)Nc1ccc(C(=O)Nc2cccc(NC3NNC4C3CN(C(=O)N[C@H](CN(C)C)c3ccccc3)C4(C)C)c2)cc1. The topological polar surface area (TPSA) is 130 Å². The average Bonchev–Trinajstić information content (AvgIpc) is 3.54. The van der Waals surface area contributed by atoms with E-state index in [1.165, 1.54) is 0 Å². The van der Waals surface area contributed by atoms with Gasteiger partial charge in [-0.2, -0.15) is 0 Å². The van der Waals surface area contributed by atoms with Crippen molar-refractivity contribution in [2.24, 2.45) is 5.92 Å². The maximum atomic E-state index is 13.7. The molecule has 3 aromatic rings. The van der Waals surface area contributed by atoms with Gasteiger partial charge in [0.25, 0.3) is 5.91 Å². The fourth-order valence-corrected chi connectivity index (χ4v) is 6.13. The van der Waals surface area contributed by atoms with Crippen molar-refractivity contribution in [3.05, 3.63) is 90.0 Å². The van der Waals surface area contributed by atoms with Crippen molar-refractivity contribution in [3.8, 4) is 0 Å². The third-order valence-corrected chi connectivity index (χ3v) is 8.59. The Kier molecular flexibility index (Phi) is 9.71. The Morgan fingerprint density at radius 2 is 1.62 bits per heavy atom. The van der Waals surface area contributed by atoms with Crippen LogP contribution in [0, 0.1) is 5.92 Å². The first-order valence-corrected chi connectivity index (χ1v) is 15.4. The second-order valence-electron chi connectivity index (χ2n) is 12.5. The van der Waals surface area contributed by atoms with Gasteiger partial charge in [-0.15, -0.1) is 0 Å². The van der Waals surface area contributed by atoms with Gasteiger partial charge in [-0.1, -0.05) is 43.3 Å². The molecule has 5 rings (SSSR count). The molecule has 0 radical (unpaired) electrons. The second-order valence-corrected chi connectivity index (χ2v) is 12.5. The average molecular weight is 613 g/mol. The van der Waals surface area contributed by atoms with Crippen LogP contribution in [0.2, 0.25) is 0 Å². The molecule has 0 aliphatic carbocycles. The van der Waals surface area contributed by atoms with Crippen LogP contribution in [-0.4, -0.2) is 72.6 Å². The lowest BCUT2D eigenvalue weighted by atomic mass is 9.90. The quantitative estimate of drug-likeness (QED) is 0.202. The number of likely N-dealkylation sites (N-methyl/N-ethyl adjacent to an activating group) is 1. The van der Waals surface area contributed by atoms with Crippen LogP contribution >= 0.6 is 0 Å². The van der Waals surface area contributed by atoms with E-state index in [1.54, 1.807) is 31.2 Å². The number of carbonyl (C=O) groups excluding carboxylic acids is 3. The number of benzene rings is 3. The fraction of sp³-hybridized carbons (Fsp3) is 0.382. The number of hydrogen-bond donors (Lipinski definition) is 6. The molecule has 2 fully saturated rings. The number of amides is 4. The number of fused-ring (bicyclic) bond motifs is 1. The van der Waals surface area contributed by atoms with E-state index in [0.717, 1.165) is 11.3 Å². The van der Waals surface area contributed by atoms with Gasteiger partial charge in [0.2, 0.25) is 5.91 Å². The minimum absolute atomic E-state index is 0.0257. The molecule has 2 saturated heterocycles. The van der Waals surface area contributed by atoms with Crippen LogP contribution in [0.3, 0.4) is 0 Å². The van der Waals surface area contributed by atoms with Crippen LogP contribution in [0.15, 0.2) is 78.9 Å². The van der Waals surface area contributed by atoms with Crippen molar-refractivity contribution in [2.75, 3.05) is 43.1 Å². The lowest BCUT2D eigenvalue weighted by Gasteiger charge is -2.37. The molecule has 238 valence electrons. The summed E-state index contributed by atoms with van der Waals surface area (Å²) in [6.07, 6.45) is 0.244. The summed E-state index contributed by atoms with van der Waals surface area (Å²) >= 11 is 0. The highest BCUT2D eigenvalue weighted by Crippen LogP contribution is 2.38. The predicted molar refractivity (Wildman–Crippen MR) is 178 cm³/mol. The van der Waals surface area contributed by atoms with Crippen LogP contribution in [0.25, 0.3) is 0 Å². The number of anilines is 3. The van der Waals surface area contributed by atoms with Gasteiger partial charge < -0.3 is 31.1 Å². The van der Waals surface area contributed by atoms with Gasteiger partial charge in [-0.25, -0.2) is 10.2 Å². The van der Waals surface area contributed by atoms with Gasteiger partial charge in [0.15, 0.2) is 0 Å². The summed E-state index contributed by atoms with van der Waals surface area (Å²) in [5.74, 6) is -0.230. The standard InChI is InChI=1S/C34H44N8O3/c1-6-29(43)35-24-17-15-23(16-18-24)32(44)37-26-14-10-13-25(19-26)36-31-27-20-42(34(2,3)30(27)39-40-31)33(45)38-28(21-41(4)5)22-11-8-7-9-12-22/h7-19,27-28,30-31,36,39-40H,6,20-21H2,1-5H3,(H,35,43)(H,37,44)(H,38,45)/t27?,28-,30?,31?/m1/s1. The number of carbonyl (C=O) groups is 3. The Morgan fingerprint density at radius 3 is 2.31 bits per heavy atom. The monoisotopic (exact) mass is 612 g/mol.